The van der Waals surface area contributed by atoms with Crippen molar-refractivity contribution in [1.82, 2.24) is 15.1 Å². The number of fused-ring (bicyclic) bond motifs is 1. The van der Waals surface area contributed by atoms with E-state index in [1.54, 1.807) is 6.20 Å². The molecule has 3 rings (SSSR count). The molecule has 0 radical (unpaired) electrons. The van der Waals surface area contributed by atoms with Crippen LogP contribution in [0.3, 0.4) is 0 Å². The summed E-state index contributed by atoms with van der Waals surface area (Å²) >= 11 is 0. The minimum absolute atomic E-state index is 0.495. The average Bonchev–Trinajstić information content (AvgIpc) is 3.15. The zero-order chi connectivity index (χ0) is 14.5. The zero-order valence-electron chi connectivity index (χ0n) is 12.6. The fourth-order valence-corrected chi connectivity index (χ4v) is 2.97. The number of hydrogen-bond donors (Lipinski definition) is 1. The van der Waals surface area contributed by atoms with Gasteiger partial charge in [-0.1, -0.05) is 19.1 Å². The van der Waals surface area contributed by atoms with Crippen molar-refractivity contribution in [1.29, 1.82) is 0 Å². The summed E-state index contributed by atoms with van der Waals surface area (Å²) in [6, 6.07) is 8.85. The molecule has 4 heteroatoms. The molecule has 1 unspecified atom stereocenters. The third kappa shape index (κ3) is 3.27. The molecule has 1 heterocycles. The molecule has 4 nitrogen and oxygen atoms in total. The van der Waals surface area contributed by atoms with Crippen molar-refractivity contribution >= 4 is 0 Å². The lowest BCUT2D eigenvalue weighted by Crippen LogP contribution is -2.19. The van der Waals surface area contributed by atoms with Crippen LogP contribution < -0.4 is 10.1 Å². The number of hydrogen-bond acceptors (Lipinski definition) is 3. The van der Waals surface area contributed by atoms with Gasteiger partial charge in [0.05, 0.1) is 6.54 Å². The van der Waals surface area contributed by atoms with Gasteiger partial charge in [0.2, 0.25) is 0 Å². The van der Waals surface area contributed by atoms with Crippen LogP contribution >= 0.6 is 0 Å². The van der Waals surface area contributed by atoms with Gasteiger partial charge >= 0.3 is 0 Å². The van der Waals surface area contributed by atoms with E-state index < -0.39 is 0 Å². The highest BCUT2D eigenvalue weighted by atomic mass is 16.5. The number of nitrogens with one attached hydrogen (secondary N) is 1. The number of aromatic nitrogens is 2. The van der Waals surface area contributed by atoms with Crippen LogP contribution in [0.1, 0.15) is 36.9 Å². The highest BCUT2D eigenvalue weighted by Gasteiger charge is 2.24. The first-order valence-corrected chi connectivity index (χ1v) is 7.84. The highest BCUT2D eigenvalue weighted by molar-refractivity contribution is 5.45. The van der Waals surface area contributed by atoms with Gasteiger partial charge in [0, 0.05) is 18.4 Å². The number of rotatable bonds is 7. The Labute approximate surface area is 126 Å². The van der Waals surface area contributed by atoms with Gasteiger partial charge in [-0.05, 0) is 49.1 Å². The summed E-state index contributed by atoms with van der Waals surface area (Å²) in [6.45, 7) is 4.73. The molecular formula is C17H23N3O. The molecule has 1 aromatic heterocycles. The minimum Gasteiger partial charge on any atom is -0.491 e. The third-order valence-corrected chi connectivity index (χ3v) is 4.01. The Morgan fingerprint density at radius 3 is 3.14 bits per heavy atom. The molecule has 112 valence electrons. The standard InChI is InChI=1S/C17H23N3O/c1-2-9-18-16-8-7-15-14(16)5-3-6-17(15)21-13-12-20-11-4-10-19-20/h3-6,10-11,16,18H,2,7-9,12-13H2,1H3. The van der Waals surface area contributed by atoms with Gasteiger partial charge in [0.1, 0.15) is 12.4 Å². The predicted molar refractivity (Wildman–Crippen MR) is 83.5 cm³/mol. The fraction of sp³-hybridized carbons (Fsp3) is 0.471. The van der Waals surface area contributed by atoms with Gasteiger partial charge in [-0.15, -0.1) is 0 Å². The monoisotopic (exact) mass is 285 g/mol. The van der Waals surface area contributed by atoms with E-state index in [4.69, 9.17) is 4.74 Å². The molecule has 0 bridgehead atoms. The van der Waals surface area contributed by atoms with Crippen molar-refractivity contribution in [2.75, 3.05) is 13.2 Å². The van der Waals surface area contributed by atoms with Gasteiger partial charge in [0.15, 0.2) is 0 Å². The third-order valence-electron chi connectivity index (χ3n) is 4.01. The molecular weight excluding hydrogens is 262 g/mol. The Hall–Kier alpha value is -1.81. The molecule has 1 aliphatic carbocycles. The Morgan fingerprint density at radius 2 is 2.33 bits per heavy atom. The van der Waals surface area contributed by atoms with E-state index in [1.807, 2.05) is 16.9 Å². The second-order valence-corrected chi connectivity index (χ2v) is 5.49. The van der Waals surface area contributed by atoms with Crippen molar-refractivity contribution < 1.29 is 4.74 Å². The Balaban J connectivity index is 1.63. The summed E-state index contributed by atoms with van der Waals surface area (Å²) < 4.78 is 7.88. The van der Waals surface area contributed by atoms with Gasteiger partial charge < -0.3 is 10.1 Å². The molecule has 0 spiro atoms. The molecule has 0 saturated heterocycles. The van der Waals surface area contributed by atoms with Crippen molar-refractivity contribution in [3.8, 4) is 5.75 Å². The lowest BCUT2D eigenvalue weighted by molar-refractivity contribution is 0.289. The van der Waals surface area contributed by atoms with E-state index in [9.17, 15) is 0 Å². The van der Waals surface area contributed by atoms with Crippen molar-refractivity contribution in [2.24, 2.45) is 0 Å². The van der Waals surface area contributed by atoms with Crippen molar-refractivity contribution in [3.63, 3.8) is 0 Å². The highest BCUT2D eigenvalue weighted by Crippen LogP contribution is 2.36. The Bertz CT molecular complexity index is 565. The number of ether oxygens (including phenoxy) is 1. The van der Waals surface area contributed by atoms with Crippen LogP contribution in [0, 0.1) is 0 Å². The van der Waals surface area contributed by atoms with Crippen LogP contribution in [0.5, 0.6) is 5.75 Å². The fourth-order valence-electron chi connectivity index (χ4n) is 2.97. The summed E-state index contributed by atoms with van der Waals surface area (Å²) in [7, 11) is 0. The maximum absolute atomic E-state index is 5.99. The van der Waals surface area contributed by atoms with Crippen LogP contribution in [-0.4, -0.2) is 22.9 Å². The number of nitrogens with zero attached hydrogens (tertiary/aromatic N) is 2. The lowest BCUT2D eigenvalue weighted by atomic mass is 10.1. The van der Waals surface area contributed by atoms with Gasteiger partial charge in [0.25, 0.3) is 0 Å². The zero-order valence-corrected chi connectivity index (χ0v) is 12.6. The smallest absolute Gasteiger partial charge is 0.122 e. The molecule has 1 N–H and O–H groups in total. The Morgan fingerprint density at radius 1 is 1.38 bits per heavy atom. The summed E-state index contributed by atoms with van der Waals surface area (Å²) in [5.41, 5.74) is 2.80. The molecule has 0 saturated carbocycles. The molecule has 1 aliphatic rings. The molecule has 0 aliphatic heterocycles. The predicted octanol–water partition coefficient (Wildman–Crippen LogP) is 2.95. The topological polar surface area (TPSA) is 39.1 Å². The van der Waals surface area contributed by atoms with E-state index in [2.05, 4.69) is 35.5 Å². The molecule has 1 aromatic carbocycles. The molecule has 2 aromatic rings. The van der Waals surface area contributed by atoms with Crippen molar-refractivity contribution in [2.45, 2.75) is 38.8 Å². The van der Waals surface area contributed by atoms with Crippen molar-refractivity contribution in [3.05, 3.63) is 47.8 Å². The summed E-state index contributed by atoms with van der Waals surface area (Å²) in [5.74, 6) is 1.04. The summed E-state index contributed by atoms with van der Waals surface area (Å²) in [5, 5.41) is 7.82. The van der Waals surface area contributed by atoms with E-state index in [0.717, 1.165) is 25.3 Å². The molecule has 0 amide bonds. The van der Waals surface area contributed by atoms with Crippen LogP contribution in [0.25, 0.3) is 0 Å². The maximum Gasteiger partial charge on any atom is 0.122 e. The van der Waals surface area contributed by atoms with E-state index in [-0.39, 0.29) is 0 Å². The van der Waals surface area contributed by atoms with Crippen LogP contribution in [0.2, 0.25) is 0 Å². The van der Waals surface area contributed by atoms with Gasteiger partial charge in [-0.25, -0.2) is 0 Å². The second-order valence-electron chi connectivity index (χ2n) is 5.49. The SMILES string of the molecule is CCCNC1CCc2c(OCCn3cccn3)cccc21. The first kappa shape index (κ1) is 14.1. The minimum atomic E-state index is 0.495. The quantitative estimate of drug-likeness (QED) is 0.850. The largest absolute Gasteiger partial charge is 0.491 e. The molecule has 0 fully saturated rings. The normalized spacial score (nSPS) is 16.9. The molecule has 21 heavy (non-hydrogen) atoms. The average molecular weight is 285 g/mol. The maximum atomic E-state index is 5.99. The lowest BCUT2D eigenvalue weighted by Gasteiger charge is -2.15. The van der Waals surface area contributed by atoms with E-state index in [0.29, 0.717) is 12.6 Å². The first-order chi connectivity index (χ1) is 10.4. The second kappa shape index (κ2) is 6.76. The summed E-state index contributed by atoms with van der Waals surface area (Å²) in [4.78, 5) is 0. The molecule has 1 atom stereocenters. The summed E-state index contributed by atoms with van der Waals surface area (Å²) in [6.07, 6.45) is 7.21. The number of benzene rings is 1. The van der Waals surface area contributed by atoms with Crippen LogP contribution in [0.15, 0.2) is 36.7 Å². The van der Waals surface area contributed by atoms with Crippen LogP contribution in [-0.2, 0) is 13.0 Å². The Kier molecular flexibility index (Phi) is 4.55. The van der Waals surface area contributed by atoms with E-state index >= 15 is 0 Å². The first-order valence-electron chi connectivity index (χ1n) is 7.84. The van der Waals surface area contributed by atoms with Gasteiger partial charge in [-0.2, -0.15) is 5.10 Å². The van der Waals surface area contributed by atoms with Crippen LogP contribution in [0.4, 0.5) is 0 Å². The van der Waals surface area contributed by atoms with E-state index in [1.165, 1.54) is 24.0 Å². The van der Waals surface area contributed by atoms with Gasteiger partial charge in [-0.3, -0.25) is 4.68 Å².